The van der Waals surface area contributed by atoms with Crippen LogP contribution in [0.25, 0.3) is 77.2 Å². The number of para-hydroxylation sites is 5. The summed E-state index contributed by atoms with van der Waals surface area (Å²) in [6.45, 7) is 4.76. The molecule has 0 saturated heterocycles. The van der Waals surface area contributed by atoms with Gasteiger partial charge in [-0.2, -0.15) is 0 Å². The highest BCUT2D eigenvalue weighted by Gasteiger charge is 2.36. The molecule has 1 aliphatic rings. The second kappa shape index (κ2) is 13.2. The number of anilines is 3. The summed E-state index contributed by atoms with van der Waals surface area (Å²) in [6, 6.07) is 77.7. The van der Waals surface area contributed by atoms with Crippen molar-refractivity contribution in [2.24, 2.45) is 0 Å². The zero-order chi connectivity index (χ0) is 40.0. The number of benzene rings is 9. The molecule has 3 heteroatoms. The van der Waals surface area contributed by atoms with Gasteiger partial charge in [0.15, 0.2) is 0 Å². The fraction of sp³-hybridized carbons (Fsp3) is 0.0526. The lowest BCUT2D eigenvalue weighted by Crippen LogP contribution is -2.17. The molecule has 12 rings (SSSR count). The van der Waals surface area contributed by atoms with Gasteiger partial charge < -0.3 is 14.0 Å². The first kappa shape index (κ1) is 34.4. The lowest BCUT2D eigenvalue weighted by molar-refractivity contribution is 0.660. The van der Waals surface area contributed by atoms with Gasteiger partial charge in [-0.1, -0.05) is 129 Å². The van der Waals surface area contributed by atoms with Gasteiger partial charge in [0.2, 0.25) is 0 Å². The number of nitrogens with zero attached hydrogens (tertiary/aromatic N) is 3. The van der Waals surface area contributed by atoms with E-state index in [9.17, 15) is 0 Å². The minimum absolute atomic E-state index is 0.204. The van der Waals surface area contributed by atoms with Crippen molar-refractivity contribution in [1.29, 1.82) is 0 Å². The zero-order valence-electron chi connectivity index (χ0n) is 33.5. The monoisotopic (exact) mass is 767 g/mol. The SMILES string of the molecule is CC1(C)c2cc(N(c3ccccc3)c3ccccc3)ccc2-c2ccc(-n3c4ccccc4c4cc(-c5ccc6c(c5)c5ccccc5n6-c5ccccc5)ccc43)cc21. The maximum absolute atomic E-state index is 2.46. The topological polar surface area (TPSA) is 13.1 Å². The van der Waals surface area contributed by atoms with E-state index >= 15 is 0 Å². The van der Waals surface area contributed by atoms with Crippen molar-refractivity contribution >= 4 is 60.7 Å². The Balaban J connectivity index is 0.962. The molecule has 60 heavy (non-hydrogen) atoms. The lowest BCUT2D eigenvalue weighted by atomic mass is 9.82. The Morgan fingerprint density at radius 1 is 0.333 bits per heavy atom. The van der Waals surface area contributed by atoms with Gasteiger partial charge >= 0.3 is 0 Å². The van der Waals surface area contributed by atoms with Gasteiger partial charge in [-0.05, 0) is 130 Å². The van der Waals surface area contributed by atoms with Crippen LogP contribution in [0, 0.1) is 0 Å². The maximum Gasteiger partial charge on any atom is 0.0541 e. The molecule has 0 unspecified atom stereocenters. The molecule has 0 radical (unpaired) electrons. The van der Waals surface area contributed by atoms with Crippen LogP contribution < -0.4 is 4.90 Å². The van der Waals surface area contributed by atoms with E-state index in [4.69, 9.17) is 0 Å². The summed E-state index contributed by atoms with van der Waals surface area (Å²) in [5.74, 6) is 0. The quantitative estimate of drug-likeness (QED) is 0.164. The van der Waals surface area contributed by atoms with E-state index < -0.39 is 0 Å². The third-order valence-corrected chi connectivity index (χ3v) is 12.9. The lowest BCUT2D eigenvalue weighted by Gasteiger charge is -2.28. The van der Waals surface area contributed by atoms with E-state index in [0.717, 1.165) is 17.1 Å². The molecule has 284 valence electrons. The summed E-state index contributed by atoms with van der Waals surface area (Å²) in [7, 11) is 0. The fourth-order valence-electron chi connectivity index (χ4n) is 10.0. The van der Waals surface area contributed by atoms with Gasteiger partial charge in [-0.15, -0.1) is 0 Å². The molecule has 0 spiro atoms. The van der Waals surface area contributed by atoms with Gasteiger partial charge in [0.25, 0.3) is 0 Å². The first-order chi connectivity index (χ1) is 29.5. The molecule has 0 saturated carbocycles. The first-order valence-corrected chi connectivity index (χ1v) is 20.9. The predicted octanol–water partition coefficient (Wildman–Crippen LogP) is 15.3. The molecule has 9 aromatic carbocycles. The summed E-state index contributed by atoms with van der Waals surface area (Å²) >= 11 is 0. The van der Waals surface area contributed by atoms with Crippen molar-refractivity contribution in [3.63, 3.8) is 0 Å². The molecule has 3 nitrogen and oxygen atoms in total. The van der Waals surface area contributed by atoms with Crippen LogP contribution in [-0.2, 0) is 5.41 Å². The van der Waals surface area contributed by atoms with E-state index in [1.807, 2.05) is 0 Å². The van der Waals surface area contributed by atoms with E-state index in [-0.39, 0.29) is 5.41 Å². The third kappa shape index (κ3) is 5.15. The van der Waals surface area contributed by atoms with Gasteiger partial charge in [-0.25, -0.2) is 0 Å². The van der Waals surface area contributed by atoms with Crippen LogP contribution in [0.4, 0.5) is 17.1 Å². The summed E-state index contributed by atoms with van der Waals surface area (Å²) in [4.78, 5) is 2.36. The fourth-order valence-corrected chi connectivity index (χ4v) is 10.0. The van der Waals surface area contributed by atoms with Gasteiger partial charge in [-0.3, -0.25) is 0 Å². The van der Waals surface area contributed by atoms with E-state index in [1.165, 1.54) is 88.4 Å². The van der Waals surface area contributed by atoms with Crippen molar-refractivity contribution in [2.45, 2.75) is 19.3 Å². The van der Waals surface area contributed by atoms with E-state index in [1.54, 1.807) is 0 Å². The van der Waals surface area contributed by atoms with E-state index in [0.29, 0.717) is 0 Å². The van der Waals surface area contributed by atoms with Gasteiger partial charge in [0.05, 0.1) is 22.1 Å². The summed E-state index contributed by atoms with van der Waals surface area (Å²) in [6.07, 6.45) is 0. The highest BCUT2D eigenvalue weighted by Crippen LogP contribution is 2.51. The van der Waals surface area contributed by atoms with Crippen LogP contribution in [0.15, 0.2) is 212 Å². The Morgan fingerprint density at radius 2 is 0.783 bits per heavy atom. The molecule has 0 atom stereocenters. The number of hydrogen-bond donors (Lipinski definition) is 0. The number of fused-ring (bicyclic) bond motifs is 9. The highest BCUT2D eigenvalue weighted by atomic mass is 15.1. The van der Waals surface area contributed by atoms with Crippen LogP contribution in [0.3, 0.4) is 0 Å². The van der Waals surface area contributed by atoms with Crippen molar-refractivity contribution in [2.75, 3.05) is 4.90 Å². The summed E-state index contributed by atoms with van der Waals surface area (Å²) < 4.78 is 4.84. The second-order valence-electron chi connectivity index (χ2n) is 16.6. The van der Waals surface area contributed by atoms with Crippen molar-refractivity contribution in [3.05, 3.63) is 223 Å². The Labute approximate surface area is 349 Å². The Hall–Kier alpha value is -7.62. The van der Waals surface area contributed by atoms with Crippen LogP contribution in [0.2, 0.25) is 0 Å². The van der Waals surface area contributed by atoms with Gasteiger partial charge in [0.1, 0.15) is 0 Å². The number of aromatic nitrogens is 2. The zero-order valence-corrected chi connectivity index (χ0v) is 33.5. The predicted molar refractivity (Wildman–Crippen MR) is 253 cm³/mol. The largest absolute Gasteiger partial charge is 0.310 e. The molecule has 11 aromatic rings. The molecule has 0 amide bonds. The Kier molecular flexibility index (Phi) is 7.58. The average Bonchev–Trinajstić information content (AvgIpc) is 3.89. The summed E-state index contributed by atoms with van der Waals surface area (Å²) in [5, 5.41) is 5.03. The van der Waals surface area contributed by atoms with E-state index in [2.05, 4.69) is 240 Å². The van der Waals surface area contributed by atoms with Crippen LogP contribution in [0.1, 0.15) is 25.0 Å². The molecule has 2 aromatic heterocycles. The van der Waals surface area contributed by atoms with Crippen LogP contribution >= 0.6 is 0 Å². The maximum atomic E-state index is 2.46. The molecule has 0 fully saturated rings. The first-order valence-electron chi connectivity index (χ1n) is 20.9. The molecule has 2 heterocycles. The number of rotatable bonds is 6. The third-order valence-electron chi connectivity index (χ3n) is 12.9. The molecule has 0 bridgehead atoms. The van der Waals surface area contributed by atoms with Crippen molar-refractivity contribution in [3.8, 4) is 33.6 Å². The molecule has 0 aliphatic heterocycles. The smallest absolute Gasteiger partial charge is 0.0541 e. The Bertz CT molecular complexity index is 3410. The summed E-state index contributed by atoms with van der Waals surface area (Å²) in [5.41, 5.74) is 18.2. The molecular weight excluding hydrogens is 727 g/mol. The minimum atomic E-state index is -0.204. The average molecular weight is 768 g/mol. The number of hydrogen-bond acceptors (Lipinski definition) is 1. The standard InChI is InChI=1S/C57H41N3/c1-57(2)51-36-43(58(40-16-6-3-7-17-40)41-18-8-4-9-19-41)28-30-45(51)46-31-29-44(37-52(46)57)60-54-25-15-13-23-48(54)50-35-39(27-33-56(50)60)38-26-32-55-49(34-38)47-22-12-14-24-53(47)59(55)42-20-10-5-11-21-42/h3-37H,1-2H3. The van der Waals surface area contributed by atoms with Crippen molar-refractivity contribution < 1.29 is 0 Å². The Morgan fingerprint density at radius 3 is 1.35 bits per heavy atom. The second-order valence-corrected chi connectivity index (χ2v) is 16.6. The minimum Gasteiger partial charge on any atom is -0.310 e. The molecule has 1 aliphatic carbocycles. The normalized spacial score (nSPS) is 13.0. The molecular formula is C57H41N3. The van der Waals surface area contributed by atoms with Crippen LogP contribution in [0.5, 0.6) is 0 Å². The van der Waals surface area contributed by atoms with Crippen LogP contribution in [-0.4, -0.2) is 9.13 Å². The van der Waals surface area contributed by atoms with Crippen molar-refractivity contribution in [1.82, 2.24) is 9.13 Å². The molecule has 0 N–H and O–H groups in total. The highest BCUT2D eigenvalue weighted by molar-refractivity contribution is 6.12. The van der Waals surface area contributed by atoms with Gasteiger partial charge in [0, 0.05) is 55.4 Å².